The fraction of sp³-hybridized carbons (Fsp3) is 0.333. The van der Waals surface area contributed by atoms with Crippen LogP contribution >= 0.6 is 0 Å². The average Bonchev–Trinajstić information content (AvgIpc) is 2.39. The molecule has 0 radical (unpaired) electrons. The van der Waals surface area contributed by atoms with E-state index in [1.165, 1.54) is 19.1 Å². The van der Waals surface area contributed by atoms with E-state index in [-0.39, 0.29) is 13.1 Å². The predicted molar refractivity (Wildman–Crippen MR) is 64.5 cm³/mol. The Morgan fingerprint density at radius 3 is 2.45 bits per heavy atom. The lowest BCUT2D eigenvalue weighted by Gasteiger charge is -2.15. The zero-order valence-corrected chi connectivity index (χ0v) is 10.9. The molecule has 0 atom stereocenters. The molecular weight excluding hydrogens is 277 g/mol. The molecule has 0 aliphatic rings. The molecule has 0 fully saturated rings. The van der Waals surface area contributed by atoms with Crippen LogP contribution in [0.3, 0.4) is 0 Å². The summed E-state index contributed by atoms with van der Waals surface area (Å²) in [4.78, 5) is 23.8. The van der Waals surface area contributed by atoms with Gasteiger partial charge in [-0.1, -0.05) is 0 Å². The second-order valence-corrected chi connectivity index (χ2v) is 4.02. The SMILES string of the molecule is COC(=O)CN(C)CC(=O)Nc1ccc(F)c(F)c1F. The van der Waals surface area contributed by atoms with Crippen LogP contribution in [0.4, 0.5) is 18.9 Å². The quantitative estimate of drug-likeness (QED) is 0.653. The Morgan fingerprint density at radius 1 is 1.20 bits per heavy atom. The summed E-state index contributed by atoms with van der Waals surface area (Å²) < 4.78 is 43.4. The van der Waals surface area contributed by atoms with Gasteiger partial charge in [0.25, 0.3) is 0 Å². The van der Waals surface area contributed by atoms with E-state index in [0.29, 0.717) is 6.07 Å². The van der Waals surface area contributed by atoms with Gasteiger partial charge in [0.2, 0.25) is 5.91 Å². The van der Waals surface area contributed by atoms with Crippen molar-refractivity contribution in [3.63, 3.8) is 0 Å². The Kier molecular flexibility index (Phi) is 5.51. The summed E-state index contributed by atoms with van der Waals surface area (Å²) in [6.07, 6.45) is 0. The summed E-state index contributed by atoms with van der Waals surface area (Å²) in [6, 6.07) is 1.61. The molecule has 0 unspecified atom stereocenters. The third kappa shape index (κ3) is 4.23. The van der Waals surface area contributed by atoms with Crippen LogP contribution in [0.25, 0.3) is 0 Å². The minimum Gasteiger partial charge on any atom is -0.468 e. The highest BCUT2D eigenvalue weighted by Crippen LogP contribution is 2.19. The van der Waals surface area contributed by atoms with Crippen LogP contribution in [-0.4, -0.2) is 44.0 Å². The maximum absolute atomic E-state index is 13.3. The number of rotatable bonds is 5. The molecule has 8 heteroatoms. The Hall–Kier alpha value is -2.09. The summed E-state index contributed by atoms with van der Waals surface area (Å²) in [6.45, 7) is -0.377. The fourth-order valence-electron chi connectivity index (χ4n) is 1.40. The molecule has 0 aromatic heterocycles. The lowest BCUT2D eigenvalue weighted by atomic mass is 10.2. The van der Waals surface area contributed by atoms with E-state index >= 15 is 0 Å². The van der Waals surface area contributed by atoms with Crippen molar-refractivity contribution in [2.75, 3.05) is 32.6 Å². The van der Waals surface area contributed by atoms with Crippen LogP contribution in [0.5, 0.6) is 0 Å². The molecule has 110 valence electrons. The van der Waals surface area contributed by atoms with Gasteiger partial charge in [-0.25, -0.2) is 13.2 Å². The molecule has 0 saturated heterocycles. The third-order valence-electron chi connectivity index (χ3n) is 2.35. The lowest BCUT2D eigenvalue weighted by Crippen LogP contribution is -2.34. The first-order valence-corrected chi connectivity index (χ1v) is 5.54. The Morgan fingerprint density at radius 2 is 1.85 bits per heavy atom. The average molecular weight is 290 g/mol. The van der Waals surface area contributed by atoms with Crippen molar-refractivity contribution in [3.05, 3.63) is 29.6 Å². The summed E-state index contributed by atoms with van der Waals surface area (Å²) >= 11 is 0. The van der Waals surface area contributed by atoms with Crippen molar-refractivity contribution in [1.29, 1.82) is 0 Å². The molecule has 0 aliphatic heterocycles. The zero-order valence-electron chi connectivity index (χ0n) is 10.9. The van der Waals surface area contributed by atoms with E-state index in [1.807, 2.05) is 0 Å². The van der Waals surface area contributed by atoms with E-state index in [9.17, 15) is 22.8 Å². The molecule has 1 aromatic rings. The number of nitrogens with zero attached hydrogens (tertiary/aromatic N) is 1. The summed E-state index contributed by atoms with van der Waals surface area (Å²) in [5.74, 6) is -5.70. The van der Waals surface area contributed by atoms with Crippen LogP contribution in [0.2, 0.25) is 0 Å². The molecule has 1 N–H and O–H groups in total. The minimum atomic E-state index is -1.66. The van der Waals surface area contributed by atoms with Gasteiger partial charge in [0.05, 0.1) is 25.9 Å². The molecule has 0 bridgehead atoms. The van der Waals surface area contributed by atoms with Gasteiger partial charge in [0, 0.05) is 0 Å². The van der Waals surface area contributed by atoms with E-state index in [4.69, 9.17) is 0 Å². The highest BCUT2D eigenvalue weighted by atomic mass is 19.2. The number of nitrogens with one attached hydrogen (secondary N) is 1. The number of hydrogen-bond donors (Lipinski definition) is 1. The van der Waals surface area contributed by atoms with Crippen molar-refractivity contribution < 1.29 is 27.5 Å². The maximum atomic E-state index is 13.3. The van der Waals surface area contributed by atoms with Gasteiger partial charge in [0.15, 0.2) is 17.5 Å². The zero-order chi connectivity index (χ0) is 15.3. The number of likely N-dealkylation sites (N-methyl/N-ethyl adjacent to an activating group) is 1. The largest absolute Gasteiger partial charge is 0.468 e. The Balaban J connectivity index is 2.63. The van der Waals surface area contributed by atoms with Crippen LogP contribution in [-0.2, 0) is 14.3 Å². The number of carbonyl (C=O) groups excluding carboxylic acids is 2. The highest BCUT2D eigenvalue weighted by Gasteiger charge is 2.16. The van der Waals surface area contributed by atoms with Crippen molar-refractivity contribution in [2.45, 2.75) is 0 Å². The summed E-state index contributed by atoms with van der Waals surface area (Å²) in [5.41, 5.74) is -0.472. The molecule has 20 heavy (non-hydrogen) atoms. The first kappa shape index (κ1) is 16.0. The van der Waals surface area contributed by atoms with Crippen LogP contribution in [0, 0.1) is 17.5 Å². The number of benzene rings is 1. The number of halogens is 3. The van der Waals surface area contributed by atoms with Crippen LogP contribution in [0.1, 0.15) is 0 Å². The predicted octanol–water partition coefficient (Wildman–Crippen LogP) is 1.15. The van der Waals surface area contributed by atoms with E-state index in [2.05, 4.69) is 10.1 Å². The normalized spacial score (nSPS) is 10.5. The second-order valence-electron chi connectivity index (χ2n) is 4.02. The molecule has 0 saturated carbocycles. The van der Waals surface area contributed by atoms with Gasteiger partial charge in [-0.3, -0.25) is 14.5 Å². The first-order chi connectivity index (χ1) is 9.35. The third-order valence-corrected chi connectivity index (χ3v) is 2.35. The van der Waals surface area contributed by atoms with Gasteiger partial charge in [-0.15, -0.1) is 0 Å². The molecular formula is C12H13F3N2O3. The first-order valence-electron chi connectivity index (χ1n) is 5.54. The van der Waals surface area contributed by atoms with Crippen LogP contribution < -0.4 is 5.32 Å². The Bertz CT molecular complexity index is 523. The van der Waals surface area contributed by atoms with Crippen LogP contribution in [0.15, 0.2) is 12.1 Å². The van der Waals surface area contributed by atoms with Gasteiger partial charge >= 0.3 is 5.97 Å². The molecule has 1 rings (SSSR count). The summed E-state index contributed by atoms with van der Waals surface area (Å²) in [5, 5.41) is 2.09. The van der Waals surface area contributed by atoms with Crippen molar-refractivity contribution >= 4 is 17.6 Å². The summed E-state index contributed by atoms with van der Waals surface area (Å²) in [7, 11) is 2.67. The van der Waals surface area contributed by atoms with Crippen molar-refractivity contribution in [2.24, 2.45) is 0 Å². The monoisotopic (exact) mass is 290 g/mol. The maximum Gasteiger partial charge on any atom is 0.319 e. The number of methoxy groups -OCH3 is 1. The van der Waals surface area contributed by atoms with Gasteiger partial charge < -0.3 is 10.1 Å². The topological polar surface area (TPSA) is 58.6 Å². The lowest BCUT2D eigenvalue weighted by molar-refractivity contribution is -0.141. The number of anilines is 1. The number of hydrogen-bond acceptors (Lipinski definition) is 4. The second kappa shape index (κ2) is 6.90. The van der Waals surface area contributed by atoms with E-state index < -0.39 is 35.0 Å². The molecule has 0 spiro atoms. The number of esters is 1. The molecule has 1 aromatic carbocycles. The van der Waals surface area contributed by atoms with Gasteiger partial charge in [-0.05, 0) is 19.2 Å². The highest BCUT2D eigenvalue weighted by molar-refractivity contribution is 5.92. The Labute approximate surface area is 113 Å². The number of amides is 1. The number of carbonyl (C=O) groups is 2. The molecule has 0 aliphatic carbocycles. The van der Waals surface area contributed by atoms with E-state index in [0.717, 1.165) is 6.07 Å². The van der Waals surface area contributed by atoms with Gasteiger partial charge in [0.1, 0.15) is 0 Å². The molecule has 5 nitrogen and oxygen atoms in total. The van der Waals surface area contributed by atoms with Gasteiger partial charge in [-0.2, -0.15) is 0 Å². The van der Waals surface area contributed by atoms with E-state index in [1.54, 1.807) is 0 Å². The molecule has 1 amide bonds. The van der Waals surface area contributed by atoms with Crippen molar-refractivity contribution in [1.82, 2.24) is 4.90 Å². The van der Waals surface area contributed by atoms with Crippen molar-refractivity contribution in [3.8, 4) is 0 Å². The molecule has 0 heterocycles. The smallest absolute Gasteiger partial charge is 0.319 e. The fourth-order valence-corrected chi connectivity index (χ4v) is 1.40. The number of ether oxygens (including phenoxy) is 1. The standard InChI is InChI=1S/C12H13F3N2O3/c1-17(6-10(19)20-2)5-9(18)16-8-4-3-7(13)11(14)12(8)15/h3-4H,5-6H2,1-2H3,(H,16,18). The minimum absolute atomic E-state index is 0.135.